The molecule has 4 aromatic rings. The Labute approximate surface area is 207 Å². The summed E-state index contributed by atoms with van der Waals surface area (Å²) in [5, 5.41) is 15.1. The van der Waals surface area contributed by atoms with Crippen LogP contribution in [0.4, 0.5) is 10.1 Å². The van der Waals surface area contributed by atoms with Gasteiger partial charge in [-0.05, 0) is 92.3 Å². The standard InChI is InChI=1S/C26H22ClFN4OS/c1-15-13-20(16(2)31(15)19-9-7-18(28)8-10-19)25-24(21-5-3-4-12-29-21)30-26(34)32(25)22-14-17(27)6-11-23(22)33/h3-14,24-25,33H,1-2H3,(H,30,34)/t24-,25-/m1/s1. The smallest absolute Gasteiger partial charge is 0.174 e. The molecule has 0 unspecified atom stereocenters. The van der Waals surface area contributed by atoms with E-state index < -0.39 is 0 Å². The number of phenols is 1. The second-order valence-electron chi connectivity index (χ2n) is 8.27. The summed E-state index contributed by atoms with van der Waals surface area (Å²) in [4.78, 5) is 6.48. The van der Waals surface area contributed by atoms with E-state index in [-0.39, 0.29) is 23.7 Å². The van der Waals surface area contributed by atoms with Crippen molar-refractivity contribution in [3.8, 4) is 11.4 Å². The number of hydrogen-bond acceptors (Lipinski definition) is 3. The van der Waals surface area contributed by atoms with E-state index in [1.807, 2.05) is 36.9 Å². The Kier molecular flexibility index (Phi) is 5.75. The highest BCUT2D eigenvalue weighted by atomic mass is 35.5. The van der Waals surface area contributed by atoms with Crippen LogP contribution in [0.15, 0.2) is 72.9 Å². The molecule has 2 aromatic heterocycles. The van der Waals surface area contributed by atoms with E-state index >= 15 is 0 Å². The fraction of sp³-hybridized carbons (Fsp3) is 0.154. The Morgan fingerprint density at radius 3 is 2.53 bits per heavy atom. The quantitative estimate of drug-likeness (QED) is 0.334. The highest BCUT2D eigenvalue weighted by Gasteiger charge is 2.43. The second-order valence-corrected chi connectivity index (χ2v) is 9.09. The first-order valence-electron chi connectivity index (χ1n) is 10.8. The van der Waals surface area contributed by atoms with Crippen LogP contribution in [0.25, 0.3) is 5.69 Å². The monoisotopic (exact) mass is 492 g/mol. The van der Waals surface area contributed by atoms with E-state index in [1.165, 1.54) is 12.1 Å². The lowest BCUT2D eigenvalue weighted by Gasteiger charge is -2.28. The second kappa shape index (κ2) is 8.74. The Morgan fingerprint density at radius 1 is 1.06 bits per heavy atom. The average Bonchev–Trinajstić information content (AvgIpc) is 3.32. The van der Waals surface area contributed by atoms with E-state index in [9.17, 15) is 9.50 Å². The summed E-state index contributed by atoms with van der Waals surface area (Å²) in [6.45, 7) is 4.04. The molecule has 5 rings (SSSR count). The minimum Gasteiger partial charge on any atom is -0.506 e. The number of nitrogens with zero attached hydrogens (tertiary/aromatic N) is 3. The number of rotatable bonds is 4. The highest BCUT2D eigenvalue weighted by molar-refractivity contribution is 7.80. The number of nitrogens with one attached hydrogen (secondary N) is 1. The summed E-state index contributed by atoms with van der Waals surface area (Å²) in [6.07, 6.45) is 1.75. The lowest BCUT2D eigenvalue weighted by Crippen LogP contribution is -2.29. The maximum absolute atomic E-state index is 13.6. The first-order valence-corrected chi connectivity index (χ1v) is 11.6. The van der Waals surface area contributed by atoms with Crippen LogP contribution in [-0.4, -0.2) is 19.8 Å². The van der Waals surface area contributed by atoms with Crippen LogP contribution in [0.1, 0.15) is 34.7 Å². The molecule has 1 fully saturated rings. The Morgan fingerprint density at radius 2 is 1.82 bits per heavy atom. The number of anilines is 1. The van der Waals surface area contributed by atoms with Crippen molar-refractivity contribution in [2.24, 2.45) is 0 Å². The first kappa shape index (κ1) is 22.4. The Bertz CT molecular complexity index is 1370. The molecule has 2 N–H and O–H groups in total. The summed E-state index contributed by atoms with van der Waals surface area (Å²) in [7, 11) is 0. The Hall–Kier alpha value is -3.42. The molecule has 5 nitrogen and oxygen atoms in total. The zero-order valence-electron chi connectivity index (χ0n) is 18.5. The molecule has 2 atom stereocenters. The van der Waals surface area contributed by atoms with Gasteiger partial charge in [-0.3, -0.25) is 4.98 Å². The summed E-state index contributed by atoms with van der Waals surface area (Å²) in [5.74, 6) is -0.206. The third kappa shape index (κ3) is 3.81. The number of aryl methyl sites for hydroxylation is 1. The lowest BCUT2D eigenvalue weighted by molar-refractivity contribution is 0.472. The van der Waals surface area contributed by atoms with Gasteiger partial charge in [-0.2, -0.15) is 0 Å². The SMILES string of the molecule is Cc1cc([C@@H]2[C@@H](c3ccccn3)NC(=S)N2c2cc(Cl)ccc2O)c(C)n1-c1ccc(F)cc1. The van der Waals surface area contributed by atoms with Gasteiger partial charge in [-0.1, -0.05) is 17.7 Å². The number of aromatic nitrogens is 2. The van der Waals surface area contributed by atoms with Gasteiger partial charge >= 0.3 is 0 Å². The van der Waals surface area contributed by atoms with Crippen LogP contribution in [0, 0.1) is 19.7 Å². The number of benzene rings is 2. The summed E-state index contributed by atoms with van der Waals surface area (Å²) >= 11 is 12.0. The van der Waals surface area contributed by atoms with Gasteiger partial charge in [0, 0.05) is 28.3 Å². The van der Waals surface area contributed by atoms with Gasteiger partial charge in [0.05, 0.1) is 23.5 Å². The van der Waals surface area contributed by atoms with Crippen molar-refractivity contribution in [2.45, 2.75) is 25.9 Å². The zero-order valence-corrected chi connectivity index (χ0v) is 20.1. The largest absolute Gasteiger partial charge is 0.506 e. The van der Waals surface area contributed by atoms with E-state index in [0.29, 0.717) is 15.8 Å². The van der Waals surface area contributed by atoms with Crippen LogP contribution in [0.3, 0.4) is 0 Å². The van der Waals surface area contributed by atoms with Gasteiger partial charge in [0.25, 0.3) is 0 Å². The van der Waals surface area contributed by atoms with Gasteiger partial charge in [0.15, 0.2) is 5.11 Å². The summed E-state index contributed by atoms with van der Waals surface area (Å²) in [6, 6.07) is 18.6. The maximum atomic E-state index is 13.6. The van der Waals surface area contributed by atoms with Crippen LogP contribution in [-0.2, 0) is 0 Å². The number of hydrogen-bond donors (Lipinski definition) is 2. The predicted molar refractivity (Wildman–Crippen MR) is 136 cm³/mol. The minimum atomic E-state index is -0.313. The van der Waals surface area contributed by atoms with E-state index in [2.05, 4.69) is 20.9 Å². The number of thiocarbonyl (C=S) groups is 1. The highest BCUT2D eigenvalue weighted by Crippen LogP contribution is 2.46. The molecule has 172 valence electrons. The molecular weight excluding hydrogens is 471 g/mol. The van der Waals surface area contributed by atoms with Crippen molar-refractivity contribution in [3.05, 3.63) is 106 Å². The topological polar surface area (TPSA) is 53.3 Å². The molecule has 1 aliphatic heterocycles. The molecule has 1 aliphatic rings. The van der Waals surface area contributed by atoms with Crippen LogP contribution >= 0.6 is 23.8 Å². The molecule has 1 saturated heterocycles. The van der Waals surface area contributed by atoms with Crippen LogP contribution in [0.5, 0.6) is 5.75 Å². The normalized spacial score (nSPS) is 17.8. The van der Waals surface area contributed by atoms with Gasteiger partial charge in [0.2, 0.25) is 0 Å². The van der Waals surface area contributed by atoms with Crippen LogP contribution < -0.4 is 10.2 Å². The summed E-state index contributed by atoms with van der Waals surface area (Å²) < 4.78 is 15.7. The molecule has 0 aliphatic carbocycles. The fourth-order valence-electron chi connectivity index (χ4n) is 4.69. The molecule has 0 amide bonds. The van der Waals surface area contributed by atoms with E-state index in [4.69, 9.17) is 23.8 Å². The van der Waals surface area contributed by atoms with Crippen molar-refractivity contribution in [1.82, 2.24) is 14.9 Å². The van der Waals surface area contributed by atoms with Gasteiger partial charge in [-0.25, -0.2) is 4.39 Å². The predicted octanol–water partition coefficient (Wildman–Crippen LogP) is 6.16. The number of halogens is 2. The third-order valence-corrected chi connectivity index (χ3v) is 6.72. The molecular formula is C26H22ClFN4OS. The molecule has 0 bridgehead atoms. The van der Waals surface area contributed by atoms with Crippen molar-refractivity contribution in [1.29, 1.82) is 0 Å². The van der Waals surface area contributed by atoms with Crippen LogP contribution in [0.2, 0.25) is 5.02 Å². The number of aromatic hydroxyl groups is 1. The molecule has 0 saturated carbocycles. The van der Waals surface area contributed by atoms with Gasteiger partial charge in [0.1, 0.15) is 11.6 Å². The fourth-order valence-corrected chi connectivity index (χ4v) is 5.20. The van der Waals surface area contributed by atoms with E-state index in [1.54, 1.807) is 36.5 Å². The Balaban J connectivity index is 1.70. The molecule has 34 heavy (non-hydrogen) atoms. The van der Waals surface area contributed by atoms with Gasteiger partial charge < -0.3 is 19.9 Å². The maximum Gasteiger partial charge on any atom is 0.174 e. The molecule has 0 spiro atoms. The molecule has 8 heteroatoms. The minimum absolute atomic E-state index is 0.0764. The van der Waals surface area contributed by atoms with Crippen molar-refractivity contribution in [2.75, 3.05) is 4.90 Å². The van der Waals surface area contributed by atoms with Gasteiger partial charge in [-0.15, -0.1) is 0 Å². The molecule has 2 aromatic carbocycles. The molecule has 0 radical (unpaired) electrons. The van der Waals surface area contributed by atoms with Crippen molar-refractivity contribution >= 4 is 34.6 Å². The average molecular weight is 493 g/mol. The third-order valence-electron chi connectivity index (χ3n) is 6.17. The molecule has 3 heterocycles. The lowest BCUT2D eigenvalue weighted by atomic mass is 9.96. The summed E-state index contributed by atoms with van der Waals surface area (Å²) in [5.41, 5.74) is 5.18. The first-order chi connectivity index (χ1) is 16.3. The number of pyridine rings is 1. The van der Waals surface area contributed by atoms with Crippen molar-refractivity contribution in [3.63, 3.8) is 0 Å². The van der Waals surface area contributed by atoms with E-state index in [0.717, 1.165) is 28.3 Å². The van der Waals surface area contributed by atoms with Crippen molar-refractivity contribution < 1.29 is 9.50 Å². The number of phenolic OH excluding ortho intramolecular Hbond substituents is 1. The zero-order chi connectivity index (χ0) is 24.0.